The average Bonchev–Trinajstić information content (AvgIpc) is 2.73. The minimum Gasteiger partial charge on any atom is -0.390 e. The number of halogens is 1. The maximum absolute atomic E-state index is 9.29. The molecule has 1 N–H and O–H groups in total. The lowest BCUT2D eigenvalue weighted by Crippen LogP contribution is -2.02. The highest BCUT2D eigenvalue weighted by Gasteiger charge is 2.15. The van der Waals surface area contributed by atoms with Crippen molar-refractivity contribution in [3.8, 4) is 11.3 Å². The van der Waals surface area contributed by atoms with Crippen molar-refractivity contribution in [1.82, 2.24) is 15.0 Å². The van der Waals surface area contributed by atoms with Crippen molar-refractivity contribution in [3.63, 3.8) is 0 Å². The third kappa shape index (κ3) is 2.33. The minimum atomic E-state index is -0.135. The highest BCUT2D eigenvalue weighted by atomic mass is 35.5. The molecule has 2 rings (SSSR count). The van der Waals surface area contributed by atoms with Gasteiger partial charge in [-0.05, 0) is 12.5 Å². The second-order valence-corrected chi connectivity index (χ2v) is 4.15. The molecule has 0 aliphatic heterocycles. The van der Waals surface area contributed by atoms with E-state index in [0.717, 1.165) is 24.2 Å². The van der Waals surface area contributed by atoms with Gasteiger partial charge in [-0.3, -0.25) is 0 Å². The van der Waals surface area contributed by atoms with Crippen molar-refractivity contribution in [2.75, 3.05) is 0 Å². The number of aliphatic hydroxyl groups is 1. The number of aliphatic hydroxyl groups excluding tert-OH is 1. The smallest absolute Gasteiger partial charge is 0.116 e. The van der Waals surface area contributed by atoms with Gasteiger partial charge in [-0.25, -0.2) is 4.68 Å². The van der Waals surface area contributed by atoms with E-state index in [9.17, 15) is 5.11 Å². The molecule has 0 saturated heterocycles. The van der Waals surface area contributed by atoms with Crippen molar-refractivity contribution in [3.05, 3.63) is 35.0 Å². The molecule has 0 amide bonds. The first-order valence-electron chi connectivity index (χ1n) is 5.56. The Labute approximate surface area is 105 Å². The van der Waals surface area contributed by atoms with Crippen LogP contribution in [0.5, 0.6) is 0 Å². The molecule has 4 nitrogen and oxygen atoms in total. The number of nitrogens with zero attached hydrogens (tertiary/aromatic N) is 3. The predicted octanol–water partition coefficient (Wildman–Crippen LogP) is 2.50. The summed E-state index contributed by atoms with van der Waals surface area (Å²) in [5.41, 5.74) is 2.23. The summed E-state index contributed by atoms with van der Waals surface area (Å²) in [6, 6.07) is 7.51. The maximum atomic E-state index is 9.29. The first kappa shape index (κ1) is 12.1. The van der Waals surface area contributed by atoms with Gasteiger partial charge in [-0.1, -0.05) is 41.9 Å². The molecule has 0 unspecified atom stereocenters. The Morgan fingerprint density at radius 3 is 2.76 bits per heavy atom. The van der Waals surface area contributed by atoms with Crippen LogP contribution in [0.1, 0.15) is 19.0 Å². The van der Waals surface area contributed by atoms with Gasteiger partial charge in [-0.2, -0.15) is 0 Å². The van der Waals surface area contributed by atoms with Gasteiger partial charge in [0.25, 0.3) is 0 Å². The van der Waals surface area contributed by atoms with Gasteiger partial charge in [0.05, 0.1) is 17.3 Å². The molecule has 0 radical (unpaired) electrons. The van der Waals surface area contributed by atoms with E-state index in [-0.39, 0.29) is 6.61 Å². The Balaban J connectivity index is 2.56. The molecule has 1 heterocycles. The van der Waals surface area contributed by atoms with E-state index < -0.39 is 0 Å². The molecule has 0 spiro atoms. The third-order valence-electron chi connectivity index (χ3n) is 2.52. The molecule has 0 atom stereocenters. The van der Waals surface area contributed by atoms with E-state index in [0.29, 0.717) is 10.7 Å². The van der Waals surface area contributed by atoms with Crippen LogP contribution in [-0.4, -0.2) is 20.1 Å². The fourth-order valence-electron chi connectivity index (χ4n) is 1.77. The fourth-order valence-corrected chi connectivity index (χ4v) is 2.00. The molecule has 5 heteroatoms. The van der Waals surface area contributed by atoms with E-state index in [1.165, 1.54) is 0 Å². The van der Waals surface area contributed by atoms with Gasteiger partial charge in [0, 0.05) is 12.1 Å². The summed E-state index contributed by atoms with van der Waals surface area (Å²) in [6.45, 7) is 2.69. The first-order chi connectivity index (χ1) is 8.27. The fraction of sp³-hybridized carbons (Fsp3) is 0.333. The van der Waals surface area contributed by atoms with Crippen molar-refractivity contribution in [2.24, 2.45) is 0 Å². The summed E-state index contributed by atoms with van der Waals surface area (Å²) in [7, 11) is 0. The second-order valence-electron chi connectivity index (χ2n) is 3.75. The summed E-state index contributed by atoms with van der Waals surface area (Å²) in [5.74, 6) is 0. The van der Waals surface area contributed by atoms with Crippen LogP contribution in [0.3, 0.4) is 0 Å². The van der Waals surface area contributed by atoms with Gasteiger partial charge in [0.2, 0.25) is 0 Å². The van der Waals surface area contributed by atoms with Crippen LogP contribution in [0.4, 0.5) is 0 Å². The van der Waals surface area contributed by atoms with Crippen LogP contribution in [-0.2, 0) is 13.2 Å². The van der Waals surface area contributed by atoms with Crippen molar-refractivity contribution < 1.29 is 5.11 Å². The van der Waals surface area contributed by atoms with Crippen LogP contribution >= 0.6 is 11.6 Å². The largest absolute Gasteiger partial charge is 0.390 e. The lowest BCUT2D eigenvalue weighted by molar-refractivity contribution is 0.277. The Morgan fingerprint density at radius 1 is 1.35 bits per heavy atom. The van der Waals surface area contributed by atoms with Gasteiger partial charge in [0.15, 0.2) is 0 Å². The number of rotatable bonds is 4. The Kier molecular flexibility index (Phi) is 3.76. The lowest BCUT2D eigenvalue weighted by atomic mass is 10.1. The molecule has 0 aliphatic rings. The zero-order valence-corrected chi connectivity index (χ0v) is 10.4. The highest BCUT2D eigenvalue weighted by Crippen LogP contribution is 2.29. The number of hydrogen-bond acceptors (Lipinski definition) is 3. The first-order valence-corrected chi connectivity index (χ1v) is 5.93. The normalized spacial score (nSPS) is 10.8. The summed E-state index contributed by atoms with van der Waals surface area (Å²) < 4.78 is 1.78. The Morgan fingerprint density at radius 2 is 2.12 bits per heavy atom. The van der Waals surface area contributed by atoms with E-state index in [2.05, 4.69) is 17.2 Å². The Hall–Kier alpha value is -1.39. The van der Waals surface area contributed by atoms with Crippen molar-refractivity contribution in [2.45, 2.75) is 26.5 Å². The monoisotopic (exact) mass is 251 g/mol. The zero-order valence-electron chi connectivity index (χ0n) is 9.60. The van der Waals surface area contributed by atoms with Crippen molar-refractivity contribution in [1.29, 1.82) is 0 Å². The standard InChI is InChI=1S/C12H14ClN3O/c1-2-7-16-12(11(8-17)14-15-16)9-5-3-4-6-10(9)13/h3-6,17H,2,7-8H2,1H3. The van der Waals surface area contributed by atoms with Gasteiger partial charge in [0.1, 0.15) is 5.69 Å². The molecular weight excluding hydrogens is 238 g/mol. The van der Waals surface area contributed by atoms with E-state index in [1.807, 2.05) is 24.3 Å². The highest BCUT2D eigenvalue weighted by molar-refractivity contribution is 6.33. The molecule has 2 aromatic rings. The van der Waals surface area contributed by atoms with Gasteiger partial charge < -0.3 is 5.11 Å². The van der Waals surface area contributed by atoms with E-state index in [4.69, 9.17) is 11.6 Å². The summed E-state index contributed by atoms with van der Waals surface area (Å²) >= 11 is 6.17. The number of aryl methyl sites for hydroxylation is 1. The Bertz CT molecular complexity index is 510. The summed E-state index contributed by atoms with van der Waals surface area (Å²) in [4.78, 5) is 0. The average molecular weight is 252 g/mol. The zero-order chi connectivity index (χ0) is 12.3. The van der Waals surface area contributed by atoms with Crippen LogP contribution < -0.4 is 0 Å². The molecule has 17 heavy (non-hydrogen) atoms. The molecule has 0 saturated carbocycles. The number of benzene rings is 1. The predicted molar refractivity (Wildman–Crippen MR) is 66.7 cm³/mol. The molecule has 1 aromatic carbocycles. The summed E-state index contributed by atoms with van der Waals surface area (Å²) in [5, 5.41) is 18.0. The molecule has 0 aliphatic carbocycles. The SMILES string of the molecule is CCCn1nnc(CO)c1-c1ccccc1Cl. The molecule has 90 valence electrons. The molecule has 1 aromatic heterocycles. The van der Waals surface area contributed by atoms with Crippen LogP contribution in [0.25, 0.3) is 11.3 Å². The summed E-state index contributed by atoms with van der Waals surface area (Å²) in [6.07, 6.45) is 0.950. The van der Waals surface area contributed by atoms with Crippen LogP contribution in [0.2, 0.25) is 5.02 Å². The third-order valence-corrected chi connectivity index (χ3v) is 2.85. The van der Waals surface area contributed by atoms with Crippen molar-refractivity contribution >= 4 is 11.6 Å². The molecule has 0 fully saturated rings. The second kappa shape index (κ2) is 5.29. The van der Waals surface area contributed by atoms with Gasteiger partial charge in [-0.15, -0.1) is 5.10 Å². The van der Waals surface area contributed by atoms with Crippen LogP contribution in [0.15, 0.2) is 24.3 Å². The lowest BCUT2D eigenvalue weighted by Gasteiger charge is -2.08. The minimum absolute atomic E-state index is 0.135. The molecular formula is C12H14ClN3O. The van der Waals surface area contributed by atoms with Crippen LogP contribution in [0, 0.1) is 0 Å². The van der Waals surface area contributed by atoms with E-state index >= 15 is 0 Å². The quantitative estimate of drug-likeness (QED) is 0.908. The molecule has 0 bridgehead atoms. The van der Waals surface area contributed by atoms with Gasteiger partial charge >= 0.3 is 0 Å². The maximum Gasteiger partial charge on any atom is 0.116 e. The number of hydrogen-bond donors (Lipinski definition) is 1. The number of aromatic nitrogens is 3. The topological polar surface area (TPSA) is 50.9 Å². The van der Waals surface area contributed by atoms with E-state index in [1.54, 1.807) is 4.68 Å².